The molecule has 0 fully saturated rings. The molecule has 5 N–H and O–H groups in total. The Balaban J connectivity index is 3.05. The van der Waals surface area contributed by atoms with Gasteiger partial charge in [-0.25, -0.2) is 8.42 Å². The molecule has 0 bridgehead atoms. The molecule has 14 heavy (non-hydrogen) atoms. The maximum atomic E-state index is 11.5. The van der Waals surface area contributed by atoms with Crippen molar-refractivity contribution in [3.8, 4) is 0 Å². The predicted molar refractivity (Wildman–Crippen MR) is 59.4 cm³/mol. The maximum Gasteiger partial charge on any atom is 0.246 e. The van der Waals surface area contributed by atoms with Crippen molar-refractivity contribution in [1.29, 1.82) is 0 Å². The third-order valence-corrected chi connectivity index (χ3v) is 4.98. The van der Waals surface area contributed by atoms with E-state index >= 15 is 0 Å². The molecule has 0 heterocycles. The summed E-state index contributed by atoms with van der Waals surface area (Å²) in [5.74, 6) is 0. The van der Waals surface area contributed by atoms with Crippen molar-refractivity contribution in [1.82, 2.24) is 4.49 Å². The van der Waals surface area contributed by atoms with E-state index in [2.05, 4.69) is 16.3 Å². The summed E-state index contributed by atoms with van der Waals surface area (Å²) in [5, 5.41) is 0. The van der Waals surface area contributed by atoms with Crippen molar-refractivity contribution in [3.05, 3.63) is 30.3 Å². The van der Waals surface area contributed by atoms with Crippen molar-refractivity contribution < 1.29 is 8.42 Å². The number of hydrogen-bond acceptors (Lipinski definition) is 3. The molecule has 0 aliphatic heterocycles. The van der Waals surface area contributed by atoms with Gasteiger partial charge >= 0.3 is 0 Å². The van der Waals surface area contributed by atoms with Gasteiger partial charge < -0.3 is 0 Å². The molecular formula is C6H10N3O2PS2. The van der Waals surface area contributed by atoms with Crippen LogP contribution in [0.3, 0.4) is 0 Å². The van der Waals surface area contributed by atoms with Gasteiger partial charge in [-0.1, -0.05) is 18.2 Å². The van der Waals surface area contributed by atoms with Crippen LogP contribution >= 0.6 is 6.49 Å². The van der Waals surface area contributed by atoms with E-state index in [1.54, 1.807) is 18.2 Å². The molecule has 1 rings (SSSR count). The van der Waals surface area contributed by atoms with Crippen LogP contribution in [0.2, 0.25) is 0 Å². The van der Waals surface area contributed by atoms with E-state index in [9.17, 15) is 8.42 Å². The zero-order chi connectivity index (χ0) is 10.8. The van der Waals surface area contributed by atoms with Gasteiger partial charge in [-0.3, -0.25) is 11.0 Å². The Morgan fingerprint density at radius 2 is 1.71 bits per heavy atom. The maximum absolute atomic E-state index is 11.5. The van der Waals surface area contributed by atoms with E-state index in [-0.39, 0.29) is 4.90 Å². The number of sulfonamides is 1. The summed E-state index contributed by atoms with van der Waals surface area (Å²) in [7, 11) is -3.67. The van der Waals surface area contributed by atoms with Crippen molar-refractivity contribution >= 4 is 28.3 Å². The molecule has 8 heteroatoms. The molecule has 1 aromatic rings. The van der Waals surface area contributed by atoms with Crippen molar-refractivity contribution in [3.63, 3.8) is 0 Å². The van der Waals surface area contributed by atoms with Crippen molar-refractivity contribution in [2.24, 2.45) is 11.0 Å². The summed E-state index contributed by atoms with van der Waals surface area (Å²) in [6.07, 6.45) is 0. The van der Waals surface area contributed by atoms with Gasteiger partial charge in [0.1, 0.15) is 6.49 Å². The molecule has 0 aliphatic rings. The van der Waals surface area contributed by atoms with Gasteiger partial charge in [-0.15, -0.1) is 0 Å². The third kappa shape index (κ3) is 3.45. The largest absolute Gasteiger partial charge is 0.279 e. The lowest BCUT2D eigenvalue weighted by atomic mass is 10.4. The van der Waals surface area contributed by atoms with Crippen molar-refractivity contribution in [2.45, 2.75) is 4.90 Å². The van der Waals surface area contributed by atoms with E-state index in [0.717, 1.165) is 0 Å². The highest BCUT2D eigenvalue weighted by Gasteiger charge is 2.18. The summed E-state index contributed by atoms with van der Waals surface area (Å²) in [6, 6.07) is 7.79. The summed E-state index contributed by atoms with van der Waals surface area (Å²) in [6.45, 7) is -2.96. The summed E-state index contributed by atoms with van der Waals surface area (Å²) >= 11 is 4.61. The highest BCUT2D eigenvalue weighted by molar-refractivity contribution is 8.16. The quantitative estimate of drug-likeness (QED) is 0.662. The van der Waals surface area contributed by atoms with E-state index in [1.807, 2.05) is 0 Å². The minimum absolute atomic E-state index is 0.102. The minimum atomic E-state index is -3.67. The lowest BCUT2D eigenvalue weighted by Crippen LogP contribution is -2.28. The zero-order valence-electron chi connectivity index (χ0n) is 7.12. The first-order valence-corrected chi connectivity index (χ1v) is 8.00. The molecule has 0 aliphatic carbocycles. The topological polar surface area (TPSA) is 98.2 Å². The van der Waals surface area contributed by atoms with Gasteiger partial charge in [0.05, 0.1) is 4.90 Å². The summed E-state index contributed by atoms with van der Waals surface area (Å²) in [4.78, 5) is 0.102. The molecule has 0 amide bonds. The molecule has 0 atom stereocenters. The Kier molecular flexibility index (Phi) is 3.41. The molecule has 1 aromatic carbocycles. The number of rotatable bonds is 3. The standard InChI is InChI=1S/C6H10N3O2PS2/c7-12(8,13)9-14(10,11)6-4-2-1-3-5-6/h1-5H,(H5,7,8,9,13). The second-order valence-corrected chi connectivity index (χ2v) is 8.06. The van der Waals surface area contributed by atoms with Gasteiger partial charge in [0.2, 0.25) is 10.0 Å². The SMILES string of the molecule is NP(N)(=S)NS(=O)(=O)c1ccccc1. The first-order chi connectivity index (χ1) is 6.31. The molecule has 0 radical (unpaired) electrons. The fraction of sp³-hybridized carbons (Fsp3) is 0. The van der Waals surface area contributed by atoms with Crippen LogP contribution in [0.5, 0.6) is 0 Å². The molecule has 0 aromatic heterocycles. The Morgan fingerprint density at radius 1 is 1.21 bits per heavy atom. The summed E-state index contributed by atoms with van der Waals surface area (Å²) in [5.41, 5.74) is 10.5. The van der Waals surface area contributed by atoms with Gasteiger partial charge in [0.25, 0.3) is 0 Å². The van der Waals surface area contributed by atoms with Gasteiger partial charge in [0.15, 0.2) is 0 Å². The number of nitrogens with two attached hydrogens (primary N) is 2. The fourth-order valence-electron chi connectivity index (χ4n) is 0.840. The van der Waals surface area contributed by atoms with Gasteiger partial charge in [-0.2, -0.15) is 4.49 Å². The number of benzene rings is 1. The van der Waals surface area contributed by atoms with Crippen LogP contribution in [0.25, 0.3) is 0 Å². The summed E-state index contributed by atoms with van der Waals surface area (Å²) < 4.78 is 25.1. The van der Waals surface area contributed by atoms with E-state index in [1.165, 1.54) is 12.1 Å². The van der Waals surface area contributed by atoms with E-state index in [4.69, 9.17) is 11.0 Å². The smallest absolute Gasteiger partial charge is 0.246 e. The normalized spacial score (nSPS) is 12.7. The van der Waals surface area contributed by atoms with Crippen LogP contribution in [-0.2, 0) is 21.8 Å². The molecule has 0 saturated heterocycles. The molecule has 0 unspecified atom stereocenters. The Hall–Kier alpha value is -0.300. The Morgan fingerprint density at radius 3 is 2.14 bits per heavy atom. The highest BCUT2D eigenvalue weighted by Crippen LogP contribution is 2.23. The lowest BCUT2D eigenvalue weighted by Gasteiger charge is -2.12. The first kappa shape index (κ1) is 11.8. The molecule has 0 saturated carbocycles. The lowest BCUT2D eigenvalue weighted by molar-refractivity contribution is 0.594. The second-order valence-electron chi connectivity index (χ2n) is 2.62. The highest BCUT2D eigenvalue weighted by atomic mass is 32.5. The monoisotopic (exact) mass is 251 g/mol. The number of nitrogens with one attached hydrogen (secondary N) is 1. The second kappa shape index (κ2) is 4.06. The Labute approximate surface area is 87.7 Å². The first-order valence-electron chi connectivity index (χ1n) is 3.57. The fourth-order valence-corrected chi connectivity index (χ4v) is 4.16. The minimum Gasteiger partial charge on any atom is -0.279 e. The molecule has 0 spiro atoms. The average molecular weight is 251 g/mol. The van der Waals surface area contributed by atoms with Gasteiger partial charge in [-0.05, 0) is 23.9 Å². The predicted octanol–water partition coefficient (Wildman–Crippen LogP) is 0.107. The van der Waals surface area contributed by atoms with Crippen LogP contribution in [-0.4, -0.2) is 8.42 Å². The van der Waals surface area contributed by atoms with Crippen LogP contribution in [0.15, 0.2) is 35.2 Å². The van der Waals surface area contributed by atoms with E-state index in [0.29, 0.717) is 0 Å². The third-order valence-electron chi connectivity index (χ3n) is 1.32. The zero-order valence-corrected chi connectivity index (χ0v) is 9.65. The molecule has 5 nitrogen and oxygen atoms in total. The van der Waals surface area contributed by atoms with Gasteiger partial charge in [0, 0.05) is 0 Å². The Bertz CT molecular complexity index is 453. The van der Waals surface area contributed by atoms with Crippen LogP contribution in [0.4, 0.5) is 0 Å². The van der Waals surface area contributed by atoms with Crippen LogP contribution in [0.1, 0.15) is 0 Å². The molecule has 78 valence electrons. The van der Waals surface area contributed by atoms with E-state index < -0.39 is 16.5 Å². The molecular weight excluding hydrogens is 241 g/mol. The van der Waals surface area contributed by atoms with Crippen LogP contribution < -0.4 is 15.5 Å². The number of hydrogen-bond donors (Lipinski definition) is 3. The van der Waals surface area contributed by atoms with Crippen LogP contribution in [0, 0.1) is 0 Å². The van der Waals surface area contributed by atoms with Crippen molar-refractivity contribution in [2.75, 3.05) is 0 Å². The average Bonchev–Trinajstić information content (AvgIpc) is 2.01.